The summed E-state index contributed by atoms with van der Waals surface area (Å²) in [5, 5.41) is 8.89. The summed E-state index contributed by atoms with van der Waals surface area (Å²) in [5.41, 5.74) is 0.686. The van der Waals surface area contributed by atoms with Gasteiger partial charge in [-0.15, -0.1) is 0 Å². The van der Waals surface area contributed by atoms with Crippen LogP contribution in [-0.4, -0.2) is 11.1 Å². The number of rotatable bonds is 11. The van der Waals surface area contributed by atoms with Crippen LogP contribution in [0.3, 0.4) is 0 Å². The molecule has 2 rings (SSSR count). The first kappa shape index (κ1) is 20.9. The molecule has 1 aromatic rings. The molecular weight excluding hydrogens is 327 g/mol. The zero-order valence-electron chi connectivity index (χ0n) is 16.3. The second-order valence-corrected chi connectivity index (χ2v) is 8.10. The van der Waals surface area contributed by atoms with Gasteiger partial charge in [0.1, 0.15) is 5.82 Å². The molecule has 3 heteroatoms. The van der Waals surface area contributed by atoms with Crippen molar-refractivity contribution < 1.29 is 14.3 Å². The molecule has 0 atom stereocenters. The third kappa shape index (κ3) is 7.09. The molecule has 0 amide bonds. The maximum atomic E-state index is 13.8. The Hall–Kier alpha value is -1.38. The summed E-state index contributed by atoms with van der Waals surface area (Å²) in [4.78, 5) is 10.9. The van der Waals surface area contributed by atoms with Crippen molar-refractivity contribution in [1.82, 2.24) is 0 Å². The lowest BCUT2D eigenvalue weighted by atomic mass is 9.77. The number of aromatic carboxylic acids is 1. The molecule has 0 aromatic heterocycles. The molecule has 1 saturated carbocycles. The van der Waals surface area contributed by atoms with Crippen LogP contribution in [0.1, 0.15) is 99.9 Å². The van der Waals surface area contributed by atoms with Gasteiger partial charge in [0.15, 0.2) is 0 Å². The molecule has 1 aromatic carbocycles. The Morgan fingerprint density at radius 3 is 2.23 bits per heavy atom. The summed E-state index contributed by atoms with van der Waals surface area (Å²) >= 11 is 0. The van der Waals surface area contributed by atoms with E-state index in [0.717, 1.165) is 30.2 Å². The van der Waals surface area contributed by atoms with Crippen molar-refractivity contribution in [3.8, 4) is 0 Å². The average molecular weight is 363 g/mol. The van der Waals surface area contributed by atoms with E-state index in [0.29, 0.717) is 0 Å². The maximum absolute atomic E-state index is 13.8. The van der Waals surface area contributed by atoms with Gasteiger partial charge in [-0.2, -0.15) is 0 Å². The van der Waals surface area contributed by atoms with Crippen LogP contribution in [0.15, 0.2) is 18.2 Å². The number of carboxylic acid groups (broad SMARTS) is 1. The highest BCUT2D eigenvalue weighted by molar-refractivity contribution is 5.87. The van der Waals surface area contributed by atoms with E-state index in [-0.39, 0.29) is 5.56 Å². The predicted molar refractivity (Wildman–Crippen MR) is 105 cm³/mol. The van der Waals surface area contributed by atoms with Crippen molar-refractivity contribution in [2.45, 2.75) is 90.4 Å². The molecule has 1 N–H and O–H groups in total. The zero-order valence-corrected chi connectivity index (χ0v) is 16.3. The van der Waals surface area contributed by atoms with Crippen LogP contribution in [0.5, 0.6) is 0 Å². The van der Waals surface area contributed by atoms with Gasteiger partial charge in [0.05, 0.1) is 5.56 Å². The Morgan fingerprint density at radius 1 is 1.00 bits per heavy atom. The summed E-state index contributed by atoms with van der Waals surface area (Å²) in [6.07, 6.45) is 17.0. The van der Waals surface area contributed by atoms with Crippen LogP contribution < -0.4 is 0 Å². The van der Waals surface area contributed by atoms with Gasteiger partial charge in [0.2, 0.25) is 0 Å². The minimum Gasteiger partial charge on any atom is -0.478 e. The molecule has 0 aliphatic heterocycles. The molecule has 1 aliphatic rings. The number of unbranched alkanes of at least 4 members (excludes halogenated alkanes) is 5. The number of benzene rings is 1. The highest BCUT2D eigenvalue weighted by Crippen LogP contribution is 2.34. The molecule has 26 heavy (non-hydrogen) atoms. The van der Waals surface area contributed by atoms with Crippen LogP contribution in [-0.2, 0) is 6.42 Å². The maximum Gasteiger partial charge on any atom is 0.338 e. The second kappa shape index (κ2) is 11.4. The fraction of sp³-hybridized carbons (Fsp3) is 0.696. The number of carboxylic acids is 1. The third-order valence-electron chi connectivity index (χ3n) is 6.04. The van der Waals surface area contributed by atoms with E-state index in [9.17, 15) is 9.18 Å². The smallest absolute Gasteiger partial charge is 0.338 e. The Balaban J connectivity index is 1.61. The van der Waals surface area contributed by atoms with Gasteiger partial charge in [0, 0.05) is 0 Å². The molecule has 0 unspecified atom stereocenters. The monoisotopic (exact) mass is 362 g/mol. The third-order valence-corrected chi connectivity index (χ3v) is 6.04. The summed E-state index contributed by atoms with van der Waals surface area (Å²) in [5.74, 6) is -0.141. The van der Waals surface area contributed by atoms with Gasteiger partial charge in [-0.05, 0) is 42.4 Å². The van der Waals surface area contributed by atoms with Crippen LogP contribution in [0, 0.1) is 17.7 Å². The highest BCUT2D eigenvalue weighted by atomic mass is 19.1. The van der Waals surface area contributed by atoms with Crippen molar-refractivity contribution in [2.24, 2.45) is 11.8 Å². The Bertz CT molecular complexity index is 547. The number of halogens is 1. The van der Waals surface area contributed by atoms with E-state index in [1.165, 1.54) is 82.8 Å². The summed E-state index contributed by atoms with van der Waals surface area (Å²) < 4.78 is 13.8. The predicted octanol–water partition coefficient (Wildman–Crippen LogP) is 7.01. The van der Waals surface area contributed by atoms with Crippen molar-refractivity contribution >= 4 is 5.97 Å². The van der Waals surface area contributed by atoms with E-state index in [2.05, 4.69) is 6.92 Å². The van der Waals surface area contributed by atoms with Crippen molar-refractivity contribution in [3.63, 3.8) is 0 Å². The molecule has 1 fully saturated rings. The van der Waals surface area contributed by atoms with Crippen LogP contribution in [0.4, 0.5) is 4.39 Å². The van der Waals surface area contributed by atoms with Gasteiger partial charge in [-0.25, -0.2) is 9.18 Å². The lowest BCUT2D eigenvalue weighted by Crippen LogP contribution is -2.15. The first-order chi connectivity index (χ1) is 12.6. The summed E-state index contributed by atoms with van der Waals surface area (Å²) in [7, 11) is 0. The largest absolute Gasteiger partial charge is 0.478 e. The average Bonchev–Trinajstić information content (AvgIpc) is 2.63. The van der Waals surface area contributed by atoms with Crippen molar-refractivity contribution in [2.75, 3.05) is 0 Å². The first-order valence-corrected chi connectivity index (χ1v) is 10.6. The second-order valence-electron chi connectivity index (χ2n) is 8.10. The SMILES string of the molecule is CCCCCCCC[C@H]1CC[C@H](CCc2ccc(C(=O)O)c(F)c2)CC1. The number of hydrogen-bond donors (Lipinski definition) is 1. The summed E-state index contributed by atoms with van der Waals surface area (Å²) in [6, 6.07) is 4.55. The van der Waals surface area contributed by atoms with Crippen LogP contribution in [0.25, 0.3) is 0 Å². The van der Waals surface area contributed by atoms with Crippen LogP contribution in [0.2, 0.25) is 0 Å². The zero-order chi connectivity index (χ0) is 18.8. The highest BCUT2D eigenvalue weighted by Gasteiger charge is 2.21. The van der Waals surface area contributed by atoms with E-state index >= 15 is 0 Å². The molecule has 0 saturated heterocycles. The fourth-order valence-electron chi connectivity index (χ4n) is 4.28. The van der Waals surface area contributed by atoms with E-state index in [1.54, 1.807) is 6.07 Å². The van der Waals surface area contributed by atoms with Crippen LogP contribution >= 0.6 is 0 Å². The molecule has 0 radical (unpaired) electrons. The molecule has 1 aliphatic carbocycles. The fourth-order valence-corrected chi connectivity index (χ4v) is 4.28. The van der Waals surface area contributed by atoms with Crippen molar-refractivity contribution in [3.05, 3.63) is 35.1 Å². The molecule has 0 heterocycles. The van der Waals surface area contributed by atoms with Gasteiger partial charge >= 0.3 is 5.97 Å². The minimum absolute atomic E-state index is 0.232. The lowest BCUT2D eigenvalue weighted by Gasteiger charge is -2.28. The number of carbonyl (C=O) groups is 1. The van der Waals surface area contributed by atoms with E-state index in [4.69, 9.17) is 5.11 Å². The van der Waals surface area contributed by atoms with E-state index < -0.39 is 11.8 Å². The Labute approximate surface area is 158 Å². The quantitative estimate of drug-likeness (QED) is 0.430. The number of hydrogen-bond acceptors (Lipinski definition) is 1. The topological polar surface area (TPSA) is 37.3 Å². The van der Waals surface area contributed by atoms with Gasteiger partial charge in [0.25, 0.3) is 0 Å². The normalized spacial score (nSPS) is 20.2. The van der Waals surface area contributed by atoms with Gasteiger partial charge < -0.3 is 5.11 Å². The molecule has 0 spiro atoms. The minimum atomic E-state index is -1.20. The summed E-state index contributed by atoms with van der Waals surface area (Å²) in [6.45, 7) is 2.26. The Kier molecular flexibility index (Phi) is 9.14. The lowest BCUT2D eigenvalue weighted by molar-refractivity contribution is 0.0692. The number of aryl methyl sites for hydroxylation is 1. The van der Waals surface area contributed by atoms with Crippen molar-refractivity contribution in [1.29, 1.82) is 0 Å². The molecule has 0 bridgehead atoms. The van der Waals surface area contributed by atoms with Gasteiger partial charge in [-0.3, -0.25) is 0 Å². The molecule has 2 nitrogen and oxygen atoms in total. The van der Waals surface area contributed by atoms with E-state index in [1.807, 2.05) is 0 Å². The molecular formula is C23H35FO2. The molecule has 146 valence electrons. The standard InChI is InChI=1S/C23H35FO2/c1-2-3-4-5-6-7-8-18-9-11-19(12-10-18)13-14-20-15-16-21(23(25)26)22(24)17-20/h15-19H,2-14H2,1H3,(H,25,26)/t18-,19-. The van der Waals surface area contributed by atoms with Gasteiger partial charge in [-0.1, -0.05) is 83.6 Å². The Morgan fingerprint density at radius 2 is 1.62 bits per heavy atom. The first-order valence-electron chi connectivity index (χ1n) is 10.6.